The number of ether oxygens (including phenoxy) is 2. The zero-order valence-corrected chi connectivity index (χ0v) is 23.9. The summed E-state index contributed by atoms with van der Waals surface area (Å²) in [6.07, 6.45) is 9.84. The first-order valence-electron chi connectivity index (χ1n) is 14.9. The van der Waals surface area contributed by atoms with E-state index in [0.29, 0.717) is 29.6 Å². The van der Waals surface area contributed by atoms with E-state index in [1.165, 1.54) is 38.4 Å². The quantitative estimate of drug-likeness (QED) is 0.333. The monoisotopic (exact) mass is 498 g/mol. The van der Waals surface area contributed by atoms with Gasteiger partial charge in [0, 0.05) is 17.3 Å². The summed E-state index contributed by atoms with van der Waals surface area (Å²) in [4.78, 5) is 13.1. The molecule has 0 aromatic rings. The van der Waals surface area contributed by atoms with E-state index in [9.17, 15) is 9.90 Å². The van der Waals surface area contributed by atoms with E-state index >= 15 is 0 Å². The van der Waals surface area contributed by atoms with E-state index in [-0.39, 0.29) is 40.3 Å². The lowest BCUT2D eigenvalue weighted by atomic mass is 9.41. The third-order valence-corrected chi connectivity index (χ3v) is 14.2. The van der Waals surface area contributed by atoms with Gasteiger partial charge in [-0.2, -0.15) is 0 Å². The van der Waals surface area contributed by atoms with Crippen LogP contribution in [-0.2, 0) is 14.3 Å². The van der Waals surface area contributed by atoms with Crippen LogP contribution in [0.4, 0.5) is 0 Å². The van der Waals surface area contributed by atoms with E-state index < -0.39 is 11.5 Å². The molecule has 1 heterocycles. The smallest absolute Gasteiger partial charge is 0.314 e. The van der Waals surface area contributed by atoms with Crippen molar-refractivity contribution in [1.29, 1.82) is 0 Å². The average Bonchev–Trinajstić information content (AvgIpc) is 3.38. The molecule has 1 saturated heterocycles. The number of carbonyl (C=O) groups excluding carboxylic acids is 1. The lowest BCUT2D eigenvalue weighted by Gasteiger charge is -2.62. The number of hydrogen-bond acceptors (Lipinski definition) is 4. The van der Waals surface area contributed by atoms with Crippen LogP contribution >= 0.6 is 0 Å². The molecule has 1 aliphatic heterocycles. The van der Waals surface area contributed by atoms with E-state index in [1.807, 2.05) is 6.92 Å². The van der Waals surface area contributed by atoms with Crippen LogP contribution in [0.5, 0.6) is 0 Å². The molecule has 6 fully saturated rings. The largest absolute Gasteiger partial charge is 0.469 e. The molecule has 4 nitrogen and oxygen atoms in total. The zero-order chi connectivity index (χ0) is 26.1. The van der Waals surface area contributed by atoms with Crippen LogP contribution < -0.4 is 0 Å². The highest BCUT2D eigenvalue weighted by molar-refractivity contribution is 5.78. The van der Waals surface area contributed by atoms with Crippen molar-refractivity contribution in [2.75, 3.05) is 7.11 Å². The van der Waals surface area contributed by atoms with Crippen molar-refractivity contribution in [1.82, 2.24) is 0 Å². The van der Waals surface area contributed by atoms with Crippen LogP contribution in [0.15, 0.2) is 12.2 Å². The second-order valence-electron chi connectivity index (χ2n) is 15.1. The summed E-state index contributed by atoms with van der Waals surface area (Å²) in [5.74, 6) is 2.59. The van der Waals surface area contributed by atoms with Crippen LogP contribution in [0.1, 0.15) is 99.3 Å². The molecule has 2 spiro atoms. The molecular formula is C32H50O4. The Bertz CT molecular complexity index is 973. The second-order valence-corrected chi connectivity index (χ2v) is 15.1. The van der Waals surface area contributed by atoms with Gasteiger partial charge < -0.3 is 14.6 Å². The Labute approximate surface area is 219 Å². The standard InChI is InChI=1S/C32H50O4/c1-18(2)19(3)9-10-20(4)21-13-14-28(5)22-11-12-23-30(7,27(34)35-8)24(33)15-25-32(23)17-31(22,32)26(36-25)16-29(21,28)6/h18,20-26,33H,3,9-17H2,1-2,4-8H3/t20-,21-,22+,23+,24+,25+,26-,28+,29-,30+,31+,32-/m1/s1. The Balaban J connectivity index is 1.33. The van der Waals surface area contributed by atoms with Crippen molar-refractivity contribution >= 4 is 5.97 Å². The fourth-order valence-corrected chi connectivity index (χ4v) is 11.9. The molecule has 5 saturated carbocycles. The molecule has 4 heteroatoms. The molecular weight excluding hydrogens is 448 g/mol. The fourth-order valence-electron chi connectivity index (χ4n) is 11.9. The molecule has 6 rings (SSSR count). The number of hydrogen-bond donors (Lipinski definition) is 1. The molecule has 12 atom stereocenters. The van der Waals surface area contributed by atoms with Crippen molar-refractivity contribution < 1.29 is 19.4 Å². The fraction of sp³-hybridized carbons (Fsp3) is 0.906. The topological polar surface area (TPSA) is 55.8 Å². The minimum absolute atomic E-state index is 0.0613. The van der Waals surface area contributed by atoms with Gasteiger partial charge >= 0.3 is 5.97 Å². The van der Waals surface area contributed by atoms with E-state index in [0.717, 1.165) is 31.6 Å². The number of rotatable bonds is 6. The summed E-state index contributed by atoms with van der Waals surface area (Å²) in [7, 11) is 1.48. The predicted molar refractivity (Wildman–Crippen MR) is 141 cm³/mol. The third-order valence-electron chi connectivity index (χ3n) is 14.2. The minimum atomic E-state index is -0.814. The van der Waals surface area contributed by atoms with Crippen LogP contribution in [-0.4, -0.2) is 36.5 Å². The number of esters is 1. The van der Waals surface area contributed by atoms with Gasteiger partial charge in [0.2, 0.25) is 0 Å². The zero-order valence-electron chi connectivity index (χ0n) is 23.9. The number of fused-ring (bicyclic) bond motifs is 2. The van der Waals surface area contributed by atoms with Crippen LogP contribution in [0, 0.1) is 56.7 Å². The van der Waals surface area contributed by atoms with Gasteiger partial charge in [-0.25, -0.2) is 0 Å². The summed E-state index contributed by atoms with van der Waals surface area (Å²) in [5.41, 5.74) is 1.44. The van der Waals surface area contributed by atoms with Crippen LogP contribution in [0.2, 0.25) is 0 Å². The molecule has 0 unspecified atom stereocenters. The molecule has 36 heavy (non-hydrogen) atoms. The van der Waals surface area contributed by atoms with Crippen molar-refractivity contribution in [2.24, 2.45) is 56.7 Å². The molecule has 0 radical (unpaired) electrons. The molecule has 0 aromatic heterocycles. The summed E-state index contributed by atoms with van der Waals surface area (Å²) in [5, 5.41) is 11.3. The van der Waals surface area contributed by atoms with Crippen LogP contribution in [0.25, 0.3) is 0 Å². The minimum Gasteiger partial charge on any atom is -0.469 e. The lowest BCUT2D eigenvalue weighted by Crippen LogP contribution is -2.62. The number of aliphatic hydroxyl groups excluding tert-OH is 1. The van der Waals surface area contributed by atoms with Gasteiger partial charge in [0.1, 0.15) is 0 Å². The molecule has 1 N–H and O–H groups in total. The van der Waals surface area contributed by atoms with Crippen molar-refractivity contribution in [3.05, 3.63) is 12.2 Å². The van der Waals surface area contributed by atoms with Gasteiger partial charge in [-0.3, -0.25) is 4.79 Å². The van der Waals surface area contributed by atoms with E-state index in [4.69, 9.17) is 9.47 Å². The first-order valence-corrected chi connectivity index (χ1v) is 14.9. The Morgan fingerprint density at radius 1 is 1.06 bits per heavy atom. The summed E-state index contributed by atoms with van der Waals surface area (Å²) < 4.78 is 12.3. The molecule has 0 bridgehead atoms. The molecule has 0 amide bonds. The van der Waals surface area contributed by atoms with E-state index in [1.54, 1.807) is 0 Å². The molecule has 6 aliphatic rings. The summed E-state index contributed by atoms with van der Waals surface area (Å²) in [6.45, 7) is 18.6. The Kier molecular flexibility index (Phi) is 5.38. The highest BCUT2D eigenvalue weighted by Gasteiger charge is 2.91. The second kappa shape index (κ2) is 7.62. The van der Waals surface area contributed by atoms with Gasteiger partial charge in [0.25, 0.3) is 0 Å². The Hall–Kier alpha value is -0.870. The maximum Gasteiger partial charge on any atom is 0.314 e. The lowest BCUT2D eigenvalue weighted by molar-refractivity contribution is -0.189. The highest BCUT2D eigenvalue weighted by atomic mass is 16.5. The predicted octanol–water partition coefficient (Wildman–Crippen LogP) is 6.56. The molecule has 5 aliphatic carbocycles. The average molecular weight is 499 g/mol. The SMILES string of the molecule is C=C(CC[C@@H](C)[C@H]1CC[C@@]2(C)[C@@H]3CC[C@H]4[C@](C)(C(=O)OC)[C@@H](O)C[C@@H]5O[C@H](C[C@]12C)[C@]31C[C@]541)C(C)C. The van der Waals surface area contributed by atoms with E-state index in [2.05, 4.69) is 41.2 Å². The molecule has 202 valence electrons. The number of carbonyl (C=O) groups is 1. The van der Waals surface area contributed by atoms with Crippen molar-refractivity contribution in [3.8, 4) is 0 Å². The maximum absolute atomic E-state index is 13.1. The van der Waals surface area contributed by atoms with Gasteiger partial charge in [-0.1, -0.05) is 46.8 Å². The Morgan fingerprint density at radius 3 is 2.39 bits per heavy atom. The number of allylic oxidation sites excluding steroid dienone is 1. The number of methoxy groups -OCH3 is 1. The van der Waals surface area contributed by atoms with Gasteiger partial charge in [-0.05, 0) is 98.7 Å². The van der Waals surface area contributed by atoms with Crippen molar-refractivity contribution in [3.63, 3.8) is 0 Å². The highest BCUT2D eigenvalue weighted by Crippen LogP contribution is 2.92. The van der Waals surface area contributed by atoms with Crippen molar-refractivity contribution in [2.45, 2.75) is 118 Å². The van der Waals surface area contributed by atoms with Gasteiger partial charge in [0.05, 0.1) is 30.8 Å². The normalized spacial score (nSPS) is 54.9. The first-order chi connectivity index (χ1) is 16.8. The van der Waals surface area contributed by atoms with Gasteiger partial charge in [-0.15, -0.1) is 0 Å². The summed E-state index contributed by atoms with van der Waals surface area (Å²) in [6, 6.07) is 0. The number of aliphatic hydroxyl groups is 1. The maximum atomic E-state index is 13.1. The molecule has 0 aromatic carbocycles. The van der Waals surface area contributed by atoms with Crippen LogP contribution in [0.3, 0.4) is 0 Å². The van der Waals surface area contributed by atoms with Gasteiger partial charge in [0.15, 0.2) is 0 Å². The Morgan fingerprint density at radius 2 is 1.72 bits per heavy atom. The first kappa shape index (κ1) is 25.4. The third kappa shape index (κ3) is 2.63. The summed E-state index contributed by atoms with van der Waals surface area (Å²) >= 11 is 0.